The molecule has 686 valence electrons. The Morgan fingerprint density at radius 2 is 0.524 bits per heavy atom. The van der Waals surface area contributed by atoms with E-state index >= 15 is 0 Å². The van der Waals surface area contributed by atoms with Crippen LogP contribution in [0, 0.1) is 17.9 Å². The van der Waals surface area contributed by atoms with Crippen LogP contribution in [0.5, 0.6) is 0 Å². The molecule has 0 atom stereocenters. The monoisotopic (exact) mass is 1880 g/mol. The Bertz CT molecular complexity index is 10000. The molecule has 28 aromatic rings. The number of aromatic nitrogens is 11. The predicted molar refractivity (Wildman–Crippen MR) is 592 cm³/mol. The van der Waals surface area contributed by atoms with Crippen molar-refractivity contribution in [1.29, 1.82) is 5.26 Å². The van der Waals surface area contributed by atoms with Crippen molar-refractivity contribution in [3.8, 4) is 164 Å². The minimum absolute atomic E-state index is 0.485. The highest BCUT2D eigenvalue weighted by atomic mass is 16.3. The third-order valence-electron chi connectivity index (χ3n) is 27.2. The minimum Gasteiger partial charge on any atom is -0.457 e. The first-order valence-corrected chi connectivity index (χ1v) is 48.4. The zero-order valence-electron chi connectivity index (χ0n) is 78.6. The van der Waals surface area contributed by atoms with Crippen LogP contribution in [0.15, 0.2) is 492 Å². The van der Waals surface area contributed by atoms with Crippen LogP contribution < -0.4 is 0 Å². The lowest BCUT2D eigenvalue weighted by Gasteiger charge is -2.11. The van der Waals surface area contributed by atoms with Gasteiger partial charge in [-0.25, -0.2) is 49.7 Å². The highest BCUT2D eigenvalue weighted by Gasteiger charge is 2.27. The summed E-state index contributed by atoms with van der Waals surface area (Å²) in [6, 6.07) is 165. The molecule has 0 radical (unpaired) electrons. The lowest BCUT2D eigenvalue weighted by molar-refractivity contribution is 0.668. The summed E-state index contributed by atoms with van der Waals surface area (Å²) in [5.41, 5.74) is 28.8. The molecule has 16 nitrogen and oxygen atoms in total. The van der Waals surface area contributed by atoms with Crippen molar-refractivity contribution < 1.29 is 13.3 Å². The van der Waals surface area contributed by atoms with Gasteiger partial charge in [-0.05, 0) is 142 Å². The van der Waals surface area contributed by atoms with Gasteiger partial charge in [0, 0.05) is 110 Å². The minimum atomic E-state index is 0.485. The Morgan fingerprint density at radius 1 is 0.204 bits per heavy atom. The summed E-state index contributed by atoms with van der Waals surface area (Å²) in [7, 11) is 0. The van der Waals surface area contributed by atoms with Gasteiger partial charge in [-0.15, -0.1) is 0 Å². The topological polar surface area (TPSA) is 193 Å². The lowest BCUT2D eigenvalue weighted by atomic mass is 10.0. The maximum Gasteiger partial charge on any atom is 0.198 e. The van der Waals surface area contributed by atoms with E-state index in [0.717, 1.165) is 187 Å². The van der Waals surface area contributed by atoms with Crippen LogP contribution in [0.1, 0.15) is 5.56 Å². The number of fused-ring (bicyclic) bond motifs is 15. The average Bonchev–Trinajstić information content (AvgIpc) is 1.60. The molecule has 0 fully saturated rings. The molecule has 0 aliphatic rings. The average molecular weight is 1880 g/mol. The summed E-state index contributed by atoms with van der Waals surface area (Å²) in [6.07, 6.45) is 0. The first-order chi connectivity index (χ1) is 72.8. The second-order valence-corrected chi connectivity index (χ2v) is 35.9. The van der Waals surface area contributed by atoms with Gasteiger partial charge in [-0.1, -0.05) is 382 Å². The van der Waals surface area contributed by atoms with E-state index in [2.05, 4.69) is 317 Å². The molecule has 147 heavy (non-hydrogen) atoms. The van der Waals surface area contributed by atoms with Gasteiger partial charge in [0.2, 0.25) is 0 Å². The zero-order valence-corrected chi connectivity index (χ0v) is 78.6. The Kier molecular flexibility index (Phi) is 21.9. The Morgan fingerprint density at radius 3 is 1.00 bits per heavy atom. The van der Waals surface area contributed by atoms with E-state index in [-0.39, 0.29) is 0 Å². The van der Waals surface area contributed by atoms with Crippen molar-refractivity contribution in [2.45, 2.75) is 0 Å². The maximum atomic E-state index is 9.93. The molecule has 8 heterocycles. The number of benzene rings is 20. The third-order valence-corrected chi connectivity index (χ3v) is 27.2. The van der Waals surface area contributed by atoms with Gasteiger partial charge in [0.15, 0.2) is 58.1 Å². The first kappa shape index (κ1) is 86.7. The molecule has 0 spiro atoms. The van der Waals surface area contributed by atoms with E-state index < -0.39 is 0 Å². The van der Waals surface area contributed by atoms with E-state index in [9.17, 15) is 5.26 Å². The van der Waals surface area contributed by atoms with Crippen molar-refractivity contribution in [3.05, 3.63) is 496 Å². The summed E-state index contributed by atoms with van der Waals surface area (Å²) >= 11 is 0. The summed E-state index contributed by atoms with van der Waals surface area (Å²) in [4.78, 5) is 49.7. The molecule has 20 aromatic carbocycles. The number of rotatable bonds is 15. The van der Waals surface area contributed by atoms with Crippen LogP contribution in [0.2, 0.25) is 0 Å². The molecular formula is C131H79N13O3. The largest absolute Gasteiger partial charge is 0.457 e. The van der Waals surface area contributed by atoms with Gasteiger partial charge in [-0.2, -0.15) is 5.26 Å². The second-order valence-electron chi connectivity index (χ2n) is 35.9. The van der Waals surface area contributed by atoms with Crippen LogP contribution in [0.25, 0.3) is 273 Å². The fourth-order valence-electron chi connectivity index (χ4n) is 20.3. The number of furan rings is 3. The van der Waals surface area contributed by atoms with Crippen molar-refractivity contribution in [1.82, 2.24) is 54.0 Å². The van der Waals surface area contributed by atoms with Crippen LogP contribution in [0.4, 0.5) is 5.69 Å². The lowest BCUT2D eigenvalue weighted by Crippen LogP contribution is -2.01. The number of nitriles is 1. The van der Waals surface area contributed by atoms with Crippen molar-refractivity contribution in [2.75, 3.05) is 0 Å². The van der Waals surface area contributed by atoms with E-state index in [4.69, 9.17) is 64.7 Å². The van der Waals surface area contributed by atoms with Crippen LogP contribution in [0.3, 0.4) is 0 Å². The predicted octanol–water partition coefficient (Wildman–Crippen LogP) is 33.6. The second kappa shape index (κ2) is 37.2. The van der Waals surface area contributed by atoms with Crippen molar-refractivity contribution >= 4 is 115 Å². The first-order valence-electron chi connectivity index (χ1n) is 48.4. The van der Waals surface area contributed by atoms with Crippen LogP contribution in [-0.2, 0) is 0 Å². The molecule has 0 amide bonds. The fourth-order valence-corrected chi connectivity index (χ4v) is 20.3. The van der Waals surface area contributed by atoms with E-state index in [1.807, 2.05) is 182 Å². The number of nitrogens with zero attached hydrogens (tertiary/aromatic N) is 13. The Hall–Kier alpha value is -20.6. The highest BCUT2D eigenvalue weighted by molar-refractivity contribution is 6.19. The Labute approximate surface area is 842 Å². The van der Waals surface area contributed by atoms with Gasteiger partial charge in [0.25, 0.3) is 0 Å². The Balaban J connectivity index is 0.000000112. The van der Waals surface area contributed by atoms with Crippen molar-refractivity contribution in [3.63, 3.8) is 0 Å². The standard InChI is InChI=1S/2C46H27N5O.C39H25N3O/c1-47-37-18-11-21-40-43(37)35-27-26-32(28-41(35)52-40)45-48-44(31-24-22-30(23-25-31)29-12-4-2-5-13-29)49-46(50-45)36-17-10-20-39-42(36)34-16-8-9-19-38(34)51(39)33-14-6-3-7-15-33;47-28-32-14-9-23-40-41(32)35-18-10-20-37(43(35)52-40)46-49-44(31-26-24-30(25-27-31)29-12-3-1-4-13-29)48-45(50-46)36-19-11-22-39-42(36)34-17-7-8-21-38(34)51(39)33-15-5-2-6-16-33;1-4-11-26(12-5-1)28-19-21-30(22-20-28)38-40-37(29-15-8-3-9-16-29)41-39(42-38)32-17-10-18-35-36(32)33-25-31(23-24-34(33)43-35)27-13-6-2-7-14-27/h2-28H;1-27H;1-25H. The van der Waals surface area contributed by atoms with Gasteiger partial charge < -0.3 is 22.4 Å². The summed E-state index contributed by atoms with van der Waals surface area (Å²) in [5.74, 6) is 5.13. The molecule has 16 heteroatoms. The summed E-state index contributed by atoms with van der Waals surface area (Å²) < 4.78 is 23.6. The SMILES string of the molecule is N#Cc1cccc2oc3c(-c4nc(-c5ccc(-c6ccccc6)cc5)nc(-c5cccc6c5c5ccccc5n6-c5ccccc5)n4)cccc3c12.[C-]#[N+]c1cccc2oc3cc(-c4nc(-c5ccc(-c6ccccc6)cc5)nc(-c5cccc6c5c5ccccc5n6-c5ccccc5)n4)ccc3c12.c1ccc(-c2ccc(-c3nc(-c4ccccc4)nc(-c4cccc5oc6ccc(-c7ccccc7)cc6c45)n3)cc2)cc1. The molecule has 0 bridgehead atoms. The highest BCUT2D eigenvalue weighted by Crippen LogP contribution is 2.47. The molecule has 0 aliphatic heterocycles. The quantitative estimate of drug-likeness (QED) is 0.0881. The molecule has 0 saturated carbocycles. The number of hydrogen-bond acceptors (Lipinski definition) is 13. The summed E-state index contributed by atoms with van der Waals surface area (Å²) in [6.45, 7) is 7.70. The zero-order chi connectivity index (χ0) is 97.8. The smallest absolute Gasteiger partial charge is 0.198 e. The van der Waals surface area contributed by atoms with Gasteiger partial charge in [0.05, 0.1) is 45.8 Å². The molecule has 0 N–H and O–H groups in total. The third kappa shape index (κ3) is 16.0. The van der Waals surface area contributed by atoms with Gasteiger partial charge in [0.1, 0.15) is 33.5 Å². The maximum absolute atomic E-state index is 9.93. The molecule has 8 aromatic heterocycles. The molecule has 0 unspecified atom stereocenters. The summed E-state index contributed by atoms with van der Waals surface area (Å²) in [5, 5.41) is 19.6. The van der Waals surface area contributed by atoms with Gasteiger partial charge in [-0.3, -0.25) is 0 Å². The number of para-hydroxylation sites is 5. The van der Waals surface area contributed by atoms with Crippen LogP contribution >= 0.6 is 0 Å². The van der Waals surface area contributed by atoms with E-state index in [1.165, 1.54) is 5.56 Å². The van der Waals surface area contributed by atoms with Crippen LogP contribution in [-0.4, -0.2) is 54.0 Å². The molecule has 0 aliphatic carbocycles. The van der Waals surface area contributed by atoms with E-state index in [0.29, 0.717) is 86.0 Å². The fraction of sp³-hybridized carbons (Fsp3) is 0. The normalized spacial score (nSPS) is 11.4. The van der Waals surface area contributed by atoms with E-state index in [1.54, 1.807) is 0 Å². The van der Waals surface area contributed by atoms with Gasteiger partial charge >= 0.3 is 0 Å². The number of hydrogen-bond donors (Lipinski definition) is 0. The molecule has 0 saturated heterocycles. The molecular weight excluding hydrogens is 1800 g/mol. The molecule has 28 rings (SSSR count). The van der Waals surface area contributed by atoms with Crippen molar-refractivity contribution in [2.24, 2.45) is 0 Å².